The van der Waals surface area contributed by atoms with Crippen LogP contribution < -0.4 is 5.73 Å². The number of hydrogen-bond acceptors (Lipinski definition) is 4. The number of nitrogens with two attached hydrogens (primary N) is 1. The molecule has 4 nitrogen and oxygen atoms in total. The van der Waals surface area contributed by atoms with Crippen molar-refractivity contribution in [3.8, 4) is 0 Å². The maximum Gasteiger partial charge on any atom is 0.315 e. The fraction of sp³-hybridized carbons (Fsp3) is 0.222. The van der Waals surface area contributed by atoms with Crippen molar-refractivity contribution in [1.29, 1.82) is 0 Å². The molecule has 0 spiro atoms. The molecule has 2 rings (SSSR count). The Labute approximate surface area is 129 Å². The van der Waals surface area contributed by atoms with Crippen LogP contribution in [0.15, 0.2) is 60.7 Å². The Hall–Kier alpha value is -2.46. The van der Waals surface area contributed by atoms with Gasteiger partial charge in [0.15, 0.2) is 0 Å². The summed E-state index contributed by atoms with van der Waals surface area (Å²) < 4.78 is 4.81. The van der Waals surface area contributed by atoms with Crippen LogP contribution in [0.2, 0.25) is 0 Å². The summed E-state index contributed by atoms with van der Waals surface area (Å²) in [6.07, 6.45) is 0.717. The largest absolute Gasteiger partial charge is 0.393 e. The maximum absolute atomic E-state index is 11.7. The second-order valence-electron chi connectivity index (χ2n) is 5.05. The molecule has 0 aromatic heterocycles. The fourth-order valence-electron chi connectivity index (χ4n) is 2.11. The summed E-state index contributed by atoms with van der Waals surface area (Å²) in [5.74, 6) is -1.11. The van der Waals surface area contributed by atoms with E-state index in [2.05, 4.69) is 0 Å². The minimum atomic E-state index is -0.589. The van der Waals surface area contributed by atoms with Gasteiger partial charge in [0.05, 0.1) is 12.8 Å². The van der Waals surface area contributed by atoms with Crippen molar-refractivity contribution in [2.45, 2.75) is 25.3 Å². The highest BCUT2D eigenvalue weighted by Crippen LogP contribution is 2.14. The van der Waals surface area contributed by atoms with Crippen molar-refractivity contribution < 1.29 is 14.3 Å². The summed E-state index contributed by atoms with van der Waals surface area (Å²) >= 11 is 0. The Morgan fingerprint density at radius 3 is 2.14 bits per heavy atom. The first-order chi connectivity index (χ1) is 10.6. The maximum atomic E-state index is 11.7. The average molecular weight is 297 g/mol. The van der Waals surface area contributed by atoms with Gasteiger partial charge in [0.25, 0.3) is 0 Å². The van der Waals surface area contributed by atoms with Crippen LogP contribution in [0.4, 0.5) is 0 Å². The van der Waals surface area contributed by atoms with Crippen LogP contribution in [0.1, 0.15) is 30.0 Å². The lowest BCUT2D eigenvalue weighted by atomic mass is 10.1. The van der Waals surface area contributed by atoms with Gasteiger partial charge >= 0.3 is 11.9 Å². The molecular weight excluding hydrogens is 278 g/mol. The smallest absolute Gasteiger partial charge is 0.315 e. The second-order valence-corrected chi connectivity index (χ2v) is 5.05. The molecule has 0 aliphatic rings. The summed E-state index contributed by atoms with van der Waals surface area (Å²) in [6.45, 7) is 0. The number of rotatable bonds is 6. The van der Waals surface area contributed by atoms with Gasteiger partial charge < -0.3 is 10.5 Å². The van der Waals surface area contributed by atoms with E-state index >= 15 is 0 Å². The van der Waals surface area contributed by atoms with Crippen molar-refractivity contribution in [3.05, 3.63) is 71.8 Å². The van der Waals surface area contributed by atoms with Crippen molar-refractivity contribution in [1.82, 2.24) is 0 Å². The Balaban J connectivity index is 1.75. The van der Waals surface area contributed by atoms with E-state index in [1.807, 2.05) is 60.7 Å². The molecule has 0 bridgehead atoms. The third-order valence-corrected chi connectivity index (χ3v) is 3.30. The number of carbonyl (C=O) groups excluding carboxylic acids is 2. The first kappa shape index (κ1) is 15.9. The average Bonchev–Trinajstić information content (AvgIpc) is 2.54. The molecule has 0 heterocycles. The first-order valence-corrected chi connectivity index (χ1v) is 7.23. The molecule has 0 saturated heterocycles. The monoisotopic (exact) mass is 297 g/mol. The van der Waals surface area contributed by atoms with Crippen molar-refractivity contribution in [2.24, 2.45) is 5.73 Å². The molecule has 0 radical (unpaired) electrons. The number of hydrogen-bond donors (Lipinski definition) is 1. The molecule has 0 fully saturated rings. The van der Waals surface area contributed by atoms with Crippen LogP contribution in [-0.2, 0) is 20.7 Å². The van der Waals surface area contributed by atoms with Crippen molar-refractivity contribution >= 4 is 11.9 Å². The van der Waals surface area contributed by atoms with Gasteiger partial charge in [-0.05, 0) is 17.5 Å². The molecule has 0 aliphatic heterocycles. The van der Waals surface area contributed by atoms with Gasteiger partial charge in [-0.1, -0.05) is 60.7 Å². The molecule has 0 amide bonds. The zero-order valence-corrected chi connectivity index (χ0v) is 12.3. The number of aryl methyl sites for hydroxylation is 1. The minimum Gasteiger partial charge on any atom is -0.393 e. The van der Waals surface area contributed by atoms with E-state index in [0.717, 1.165) is 11.1 Å². The van der Waals surface area contributed by atoms with Gasteiger partial charge in [-0.15, -0.1) is 0 Å². The zero-order valence-electron chi connectivity index (χ0n) is 12.3. The molecule has 2 aromatic rings. The molecular formula is C18H19NO3. The molecule has 22 heavy (non-hydrogen) atoms. The molecule has 2 aromatic carbocycles. The fourth-order valence-corrected chi connectivity index (χ4v) is 2.11. The molecule has 114 valence electrons. The van der Waals surface area contributed by atoms with Crippen molar-refractivity contribution in [2.75, 3.05) is 0 Å². The topological polar surface area (TPSA) is 69.4 Å². The number of benzene rings is 2. The summed E-state index contributed by atoms with van der Waals surface area (Å²) in [7, 11) is 0. The number of ether oxygens (including phenoxy) is 1. The van der Waals surface area contributed by atoms with Crippen LogP contribution in [0.25, 0.3) is 0 Å². The van der Waals surface area contributed by atoms with Crippen LogP contribution >= 0.6 is 0 Å². The Kier molecular flexibility index (Phi) is 5.86. The van der Waals surface area contributed by atoms with Gasteiger partial charge in [-0.2, -0.15) is 0 Å². The Morgan fingerprint density at radius 2 is 1.50 bits per heavy atom. The van der Waals surface area contributed by atoms with Crippen LogP contribution in [-0.4, -0.2) is 11.9 Å². The molecule has 1 atom stereocenters. The summed E-state index contributed by atoms with van der Waals surface area (Å²) in [5, 5.41) is 0. The third-order valence-electron chi connectivity index (χ3n) is 3.30. The standard InChI is InChI=1S/C18H19NO3/c19-16(15-9-5-2-6-10-15)13-18(21)22-17(20)12-11-14-7-3-1-4-8-14/h1-10,16H,11-13,19H2. The van der Waals surface area contributed by atoms with E-state index in [1.165, 1.54) is 0 Å². The lowest BCUT2D eigenvalue weighted by Crippen LogP contribution is -2.20. The molecule has 0 aliphatic carbocycles. The lowest BCUT2D eigenvalue weighted by molar-refractivity contribution is -0.159. The zero-order chi connectivity index (χ0) is 15.8. The lowest BCUT2D eigenvalue weighted by Gasteiger charge is -2.10. The highest BCUT2D eigenvalue weighted by atomic mass is 16.6. The summed E-state index contributed by atoms with van der Waals surface area (Å²) in [6, 6.07) is 18.4. The highest BCUT2D eigenvalue weighted by Gasteiger charge is 2.15. The quantitative estimate of drug-likeness (QED) is 0.657. The van der Waals surface area contributed by atoms with Crippen LogP contribution in [0.5, 0.6) is 0 Å². The van der Waals surface area contributed by atoms with E-state index in [9.17, 15) is 9.59 Å². The SMILES string of the molecule is NC(CC(=O)OC(=O)CCc1ccccc1)c1ccccc1. The van der Waals surface area contributed by atoms with Gasteiger partial charge in [0.2, 0.25) is 0 Å². The molecule has 0 saturated carbocycles. The Morgan fingerprint density at radius 1 is 0.909 bits per heavy atom. The van der Waals surface area contributed by atoms with Crippen molar-refractivity contribution in [3.63, 3.8) is 0 Å². The first-order valence-electron chi connectivity index (χ1n) is 7.23. The predicted octanol–water partition coefficient (Wildman–Crippen LogP) is 2.78. The van der Waals surface area contributed by atoms with Gasteiger partial charge in [0.1, 0.15) is 0 Å². The molecule has 4 heteroatoms. The van der Waals surface area contributed by atoms with Gasteiger partial charge in [-0.25, -0.2) is 0 Å². The number of esters is 2. The highest BCUT2D eigenvalue weighted by molar-refractivity contribution is 5.85. The Bertz CT molecular complexity index is 611. The normalized spacial score (nSPS) is 11.7. The van der Waals surface area contributed by atoms with E-state index in [-0.39, 0.29) is 12.8 Å². The van der Waals surface area contributed by atoms with Crippen LogP contribution in [0, 0.1) is 0 Å². The van der Waals surface area contributed by atoms with E-state index in [4.69, 9.17) is 10.5 Å². The molecule has 2 N–H and O–H groups in total. The minimum absolute atomic E-state index is 0.0128. The predicted molar refractivity (Wildman–Crippen MR) is 83.8 cm³/mol. The van der Waals surface area contributed by atoms with Gasteiger partial charge in [0, 0.05) is 6.04 Å². The van der Waals surface area contributed by atoms with E-state index in [1.54, 1.807) is 0 Å². The number of carbonyl (C=O) groups is 2. The third kappa shape index (κ3) is 5.14. The molecule has 1 unspecified atom stereocenters. The van der Waals surface area contributed by atoms with E-state index < -0.39 is 18.0 Å². The van der Waals surface area contributed by atoms with E-state index in [0.29, 0.717) is 6.42 Å². The van der Waals surface area contributed by atoms with Crippen LogP contribution in [0.3, 0.4) is 0 Å². The van der Waals surface area contributed by atoms with Gasteiger partial charge in [-0.3, -0.25) is 9.59 Å². The second kappa shape index (κ2) is 8.10. The summed E-state index contributed by atoms with van der Waals surface area (Å²) in [4.78, 5) is 23.4. The summed E-state index contributed by atoms with van der Waals surface area (Å²) in [5.41, 5.74) is 7.80.